The Labute approximate surface area is 96.6 Å². The number of likely N-dealkylation sites (tertiary alicyclic amines) is 1. The maximum atomic E-state index is 10.9. The standard InChI is InChI=1S/C12H20N2O2/c1-16-11(15)3-2-7-14-8-5-12(10-14)4-6-13-9-12/h2-3,13H,4-10H2,1H3/b3-2+. The van der Waals surface area contributed by atoms with E-state index in [-0.39, 0.29) is 5.97 Å². The van der Waals surface area contributed by atoms with Crippen molar-refractivity contribution < 1.29 is 9.53 Å². The monoisotopic (exact) mass is 224 g/mol. The maximum absolute atomic E-state index is 10.9. The van der Waals surface area contributed by atoms with Crippen LogP contribution >= 0.6 is 0 Å². The van der Waals surface area contributed by atoms with Crippen LogP contribution < -0.4 is 5.32 Å². The van der Waals surface area contributed by atoms with Gasteiger partial charge < -0.3 is 10.1 Å². The van der Waals surface area contributed by atoms with E-state index in [0.29, 0.717) is 5.41 Å². The van der Waals surface area contributed by atoms with Gasteiger partial charge in [0.1, 0.15) is 0 Å². The summed E-state index contributed by atoms with van der Waals surface area (Å²) in [6.07, 6.45) is 5.99. The molecule has 1 atom stereocenters. The highest BCUT2D eigenvalue weighted by Crippen LogP contribution is 2.35. The van der Waals surface area contributed by atoms with Gasteiger partial charge in [-0.05, 0) is 31.3 Å². The highest BCUT2D eigenvalue weighted by molar-refractivity contribution is 5.81. The molecule has 90 valence electrons. The first-order chi connectivity index (χ1) is 7.74. The van der Waals surface area contributed by atoms with E-state index < -0.39 is 0 Å². The van der Waals surface area contributed by atoms with E-state index in [1.807, 2.05) is 6.08 Å². The van der Waals surface area contributed by atoms with Crippen molar-refractivity contribution in [1.29, 1.82) is 0 Å². The largest absolute Gasteiger partial charge is 0.466 e. The summed E-state index contributed by atoms with van der Waals surface area (Å²) in [4.78, 5) is 13.3. The molecule has 0 aromatic carbocycles. The normalized spacial score (nSPS) is 30.6. The number of carbonyl (C=O) groups excluding carboxylic acids is 1. The fourth-order valence-corrected chi connectivity index (χ4v) is 2.69. The Kier molecular flexibility index (Phi) is 3.61. The molecule has 4 nitrogen and oxygen atoms in total. The van der Waals surface area contributed by atoms with Crippen molar-refractivity contribution >= 4 is 5.97 Å². The van der Waals surface area contributed by atoms with E-state index >= 15 is 0 Å². The zero-order valence-electron chi connectivity index (χ0n) is 9.87. The highest BCUT2D eigenvalue weighted by Gasteiger charge is 2.39. The van der Waals surface area contributed by atoms with Gasteiger partial charge >= 0.3 is 5.97 Å². The fraction of sp³-hybridized carbons (Fsp3) is 0.750. The predicted molar refractivity (Wildman–Crippen MR) is 62.1 cm³/mol. The Bertz CT molecular complexity index is 283. The predicted octanol–water partition coefficient (Wildman–Crippen LogP) is 0.401. The van der Waals surface area contributed by atoms with E-state index in [1.54, 1.807) is 0 Å². The summed E-state index contributed by atoms with van der Waals surface area (Å²) in [7, 11) is 1.40. The molecule has 0 amide bonds. The SMILES string of the molecule is COC(=O)/C=C/CN1CCC2(CCNC2)C1. The molecule has 2 fully saturated rings. The van der Waals surface area contributed by atoms with Crippen molar-refractivity contribution in [2.45, 2.75) is 12.8 Å². The molecule has 16 heavy (non-hydrogen) atoms. The molecule has 1 unspecified atom stereocenters. The van der Waals surface area contributed by atoms with Crippen LogP contribution in [0.5, 0.6) is 0 Å². The molecule has 1 spiro atoms. The van der Waals surface area contributed by atoms with Crippen molar-refractivity contribution in [3.05, 3.63) is 12.2 Å². The van der Waals surface area contributed by atoms with Gasteiger partial charge in [-0.25, -0.2) is 4.79 Å². The molecule has 0 aromatic rings. The zero-order valence-corrected chi connectivity index (χ0v) is 9.87. The molecule has 2 aliphatic rings. The van der Waals surface area contributed by atoms with Gasteiger partial charge in [0, 0.05) is 25.7 Å². The van der Waals surface area contributed by atoms with Crippen LogP contribution in [0.1, 0.15) is 12.8 Å². The number of nitrogens with zero attached hydrogens (tertiary/aromatic N) is 1. The number of hydrogen-bond acceptors (Lipinski definition) is 4. The summed E-state index contributed by atoms with van der Waals surface area (Å²) >= 11 is 0. The van der Waals surface area contributed by atoms with E-state index in [9.17, 15) is 4.79 Å². The van der Waals surface area contributed by atoms with Gasteiger partial charge in [0.25, 0.3) is 0 Å². The number of hydrogen-bond donors (Lipinski definition) is 1. The second kappa shape index (κ2) is 4.97. The average Bonchev–Trinajstić information content (AvgIpc) is 2.90. The molecular weight excluding hydrogens is 204 g/mol. The van der Waals surface area contributed by atoms with E-state index in [4.69, 9.17) is 0 Å². The molecule has 0 bridgehead atoms. The Morgan fingerprint density at radius 1 is 1.56 bits per heavy atom. The van der Waals surface area contributed by atoms with Crippen LogP contribution in [0.25, 0.3) is 0 Å². The number of ether oxygens (including phenoxy) is 1. The van der Waals surface area contributed by atoms with Gasteiger partial charge in [0.2, 0.25) is 0 Å². The van der Waals surface area contributed by atoms with Crippen LogP contribution in [-0.2, 0) is 9.53 Å². The lowest BCUT2D eigenvalue weighted by atomic mass is 9.87. The first-order valence-corrected chi connectivity index (χ1v) is 5.92. The van der Waals surface area contributed by atoms with Crippen molar-refractivity contribution in [3.63, 3.8) is 0 Å². The number of carbonyl (C=O) groups is 1. The molecule has 0 radical (unpaired) electrons. The topological polar surface area (TPSA) is 41.6 Å². The maximum Gasteiger partial charge on any atom is 0.330 e. The summed E-state index contributed by atoms with van der Waals surface area (Å²) in [5.41, 5.74) is 0.513. The van der Waals surface area contributed by atoms with Crippen LogP contribution in [0, 0.1) is 5.41 Å². The molecule has 0 aromatic heterocycles. The van der Waals surface area contributed by atoms with Crippen molar-refractivity contribution in [3.8, 4) is 0 Å². The van der Waals surface area contributed by atoms with Crippen molar-refractivity contribution in [2.24, 2.45) is 5.41 Å². The van der Waals surface area contributed by atoms with Crippen molar-refractivity contribution in [2.75, 3.05) is 39.8 Å². The summed E-state index contributed by atoms with van der Waals surface area (Å²) in [5, 5.41) is 3.44. The molecule has 2 rings (SSSR count). The Balaban J connectivity index is 1.76. The second-order valence-corrected chi connectivity index (χ2v) is 4.84. The number of nitrogens with one attached hydrogen (secondary N) is 1. The van der Waals surface area contributed by atoms with Crippen LogP contribution in [0.3, 0.4) is 0 Å². The Morgan fingerprint density at radius 2 is 2.44 bits per heavy atom. The summed E-state index contributed by atoms with van der Waals surface area (Å²) in [6, 6.07) is 0. The minimum atomic E-state index is -0.267. The van der Waals surface area contributed by atoms with Gasteiger partial charge in [-0.2, -0.15) is 0 Å². The Morgan fingerprint density at radius 3 is 3.12 bits per heavy atom. The third kappa shape index (κ3) is 2.62. The van der Waals surface area contributed by atoms with Crippen molar-refractivity contribution in [1.82, 2.24) is 10.2 Å². The van der Waals surface area contributed by atoms with Gasteiger partial charge in [0.15, 0.2) is 0 Å². The summed E-state index contributed by atoms with van der Waals surface area (Å²) in [5.74, 6) is -0.267. The molecule has 4 heteroatoms. The van der Waals surface area contributed by atoms with Gasteiger partial charge in [-0.15, -0.1) is 0 Å². The highest BCUT2D eigenvalue weighted by atomic mass is 16.5. The van der Waals surface area contributed by atoms with Crippen LogP contribution in [0.15, 0.2) is 12.2 Å². The molecule has 2 saturated heterocycles. The molecule has 0 saturated carbocycles. The van der Waals surface area contributed by atoms with Gasteiger partial charge in [-0.3, -0.25) is 4.90 Å². The summed E-state index contributed by atoms with van der Waals surface area (Å²) in [6.45, 7) is 5.48. The van der Waals surface area contributed by atoms with Gasteiger partial charge in [-0.1, -0.05) is 6.08 Å². The molecule has 0 aliphatic carbocycles. The van der Waals surface area contributed by atoms with E-state index in [0.717, 1.165) is 32.7 Å². The first-order valence-electron chi connectivity index (χ1n) is 5.92. The second-order valence-electron chi connectivity index (χ2n) is 4.84. The lowest BCUT2D eigenvalue weighted by Crippen LogP contribution is -2.29. The van der Waals surface area contributed by atoms with Crippen LogP contribution in [0.2, 0.25) is 0 Å². The summed E-state index contributed by atoms with van der Waals surface area (Å²) < 4.78 is 4.55. The number of methoxy groups -OCH3 is 1. The number of esters is 1. The average molecular weight is 224 g/mol. The smallest absolute Gasteiger partial charge is 0.330 e. The van der Waals surface area contributed by atoms with Gasteiger partial charge in [0.05, 0.1) is 7.11 Å². The fourth-order valence-electron chi connectivity index (χ4n) is 2.69. The quantitative estimate of drug-likeness (QED) is 0.556. The Hall–Kier alpha value is -0.870. The minimum absolute atomic E-state index is 0.267. The zero-order chi connectivity index (χ0) is 11.4. The molecule has 1 N–H and O–H groups in total. The molecule has 2 aliphatic heterocycles. The minimum Gasteiger partial charge on any atom is -0.466 e. The molecular formula is C12H20N2O2. The lowest BCUT2D eigenvalue weighted by Gasteiger charge is -2.21. The third-order valence-corrected chi connectivity index (χ3v) is 3.67. The van der Waals surface area contributed by atoms with Crippen LogP contribution in [-0.4, -0.2) is 50.7 Å². The first kappa shape index (κ1) is 11.6. The third-order valence-electron chi connectivity index (χ3n) is 3.67. The number of rotatable bonds is 3. The van der Waals surface area contributed by atoms with E-state index in [2.05, 4.69) is 15.0 Å². The molecule has 2 heterocycles. The lowest BCUT2D eigenvalue weighted by molar-refractivity contribution is -0.134. The van der Waals surface area contributed by atoms with Crippen LogP contribution in [0.4, 0.5) is 0 Å². The van der Waals surface area contributed by atoms with E-state index in [1.165, 1.54) is 26.0 Å².